The summed E-state index contributed by atoms with van der Waals surface area (Å²) in [7, 11) is 0. The lowest BCUT2D eigenvalue weighted by atomic mass is 10.2. The maximum absolute atomic E-state index is 11.8. The molecule has 2 heterocycles. The summed E-state index contributed by atoms with van der Waals surface area (Å²) in [5.41, 5.74) is 0.565. The molecule has 1 saturated heterocycles. The van der Waals surface area contributed by atoms with Gasteiger partial charge in [-0.3, -0.25) is 0 Å². The van der Waals surface area contributed by atoms with E-state index in [4.69, 9.17) is 4.74 Å². The summed E-state index contributed by atoms with van der Waals surface area (Å²) in [5.74, 6) is -0.287. The zero-order valence-corrected chi connectivity index (χ0v) is 11.4. The van der Waals surface area contributed by atoms with Crippen LogP contribution in [0.25, 0.3) is 0 Å². The number of nitrogens with zero attached hydrogens (tertiary/aromatic N) is 2. The van der Waals surface area contributed by atoms with Crippen LogP contribution in [0.2, 0.25) is 0 Å². The molecule has 1 aromatic rings. The fourth-order valence-corrected chi connectivity index (χ4v) is 2.95. The molecular weight excluding hydrogens is 248 g/mol. The van der Waals surface area contributed by atoms with Gasteiger partial charge in [0.1, 0.15) is 5.03 Å². The van der Waals surface area contributed by atoms with E-state index in [1.165, 1.54) is 19.3 Å². The van der Waals surface area contributed by atoms with Crippen LogP contribution in [0, 0.1) is 0 Å². The molecule has 0 unspecified atom stereocenters. The number of aromatic nitrogens is 1. The van der Waals surface area contributed by atoms with Crippen LogP contribution >= 0.6 is 11.9 Å². The molecule has 0 radical (unpaired) electrons. The second kappa shape index (κ2) is 6.75. The topological polar surface area (TPSA) is 42.4 Å². The molecule has 0 atom stereocenters. The van der Waals surface area contributed by atoms with Crippen molar-refractivity contribution in [3.8, 4) is 0 Å². The van der Waals surface area contributed by atoms with Gasteiger partial charge >= 0.3 is 5.97 Å². The van der Waals surface area contributed by atoms with Crippen LogP contribution < -0.4 is 0 Å². The molecule has 0 aromatic carbocycles. The molecule has 4 nitrogen and oxygen atoms in total. The first kappa shape index (κ1) is 13.4. The zero-order valence-electron chi connectivity index (χ0n) is 10.6. The number of rotatable bonds is 4. The molecular formula is C13H18N2O2S. The third-order valence-corrected chi connectivity index (χ3v) is 3.92. The fourth-order valence-electron chi connectivity index (χ4n) is 1.91. The van der Waals surface area contributed by atoms with Gasteiger partial charge in [-0.05, 0) is 43.8 Å². The Morgan fingerprint density at radius 1 is 1.44 bits per heavy atom. The molecule has 5 heteroatoms. The SMILES string of the molecule is CCOC(=O)c1cccnc1SN1CCCCC1. The highest BCUT2D eigenvalue weighted by molar-refractivity contribution is 7.97. The second-order valence-electron chi connectivity index (χ2n) is 4.16. The van der Waals surface area contributed by atoms with Gasteiger partial charge in [0, 0.05) is 19.3 Å². The van der Waals surface area contributed by atoms with Gasteiger partial charge in [-0.2, -0.15) is 0 Å². The van der Waals surface area contributed by atoms with E-state index in [0.717, 1.165) is 18.1 Å². The molecule has 0 bridgehead atoms. The van der Waals surface area contributed by atoms with Crippen LogP contribution in [0.1, 0.15) is 36.5 Å². The zero-order chi connectivity index (χ0) is 12.8. The Hall–Kier alpha value is -1.07. The molecule has 18 heavy (non-hydrogen) atoms. The van der Waals surface area contributed by atoms with E-state index in [2.05, 4.69) is 9.29 Å². The average molecular weight is 266 g/mol. The molecule has 0 spiro atoms. The minimum atomic E-state index is -0.287. The van der Waals surface area contributed by atoms with Crippen molar-refractivity contribution in [1.82, 2.24) is 9.29 Å². The van der Waals surface area contributed by atoms with Crippen molar-refractivity contribution in [2.24, 2.45) is 0 Å². The van der Waals surface area contributed by atoms with Crippen molar-refractivity contribution in [2.75, 3.05) is 19.7 Å². The largest absolute Gasteiger partial charge is 0.462 e. The van der Waals surface area contributed by atoms with E-state index in [1.54, 1.807) is 30.3 Å². The van der Waals surface area contributed by atoms with Crippen molar-refractivity contribution in [3.05, 3.63) is 23.9 Å². The van der Waals surface area contributed by atoms with Crippen LogP contribution in [-0.4, -0.2) is 35.0 Å². The molecule has 0 saturated carbocycles. The summed E-state index contributed by atoms with van der Waals surface area (Å²) >= 11 is 1.57. The predicted molar refractivity (Wildman–Crippen MR) is 71.5 cm³/mol. The number of carbonyl (C=O) groups excluding carboxylic acids is 1. The quantitative estimate of drug-likeness (QED) is 0.619. The van der Waals surface area contributed by atoms with E-state index >= 15 is 0 Å². The third kappa shape index (κ3) is 3.46. The van der Waals surface area contributed by atoms with Crippen LogP contribution in [0.15, 0.2) is 23.4 Å². The van der Waals surface area contributed by atoms with E-state index in [9.17, 15) is 4.79 Å². The highest BCUT2D eigenvalue weighted by atomic mass is 32.2. The maximum atomic E-state index is 11.8. The summed E-state index contributed by atoms with van der Waals surface area (Å²) in [6, 6.07) is 3.55. The minimum absolute atomic E-state index is 0.287. The molecule has 1 aliphatic heterocycles. The lowest BCUT2D eigenvalue weighted by Gasteiger charge is -2.25. The number of piperidine rings is 1. The summed E-state index contributed by atoms with van der Waals surface area (Å²) in [5, 5.41) is 0.748. The van der Waals surface area contributed by atoms with Crippen molar-refractivity contribution in [2.45, 2.75) is 31.2 Å². The summed E-state index contributed by atoms with van der Waals surface area (Å²) in [6.07, 6.45) is 5.45. The van der Waals surface area contributed by atoms with Gasteiger partial charge in [-0.15, -0.1) is 0 Å². The lowest BCUT2D eigenvalue weighted by molar-refractivity contribution is 0.0521. The Morgan fingerprint density at radius 2 is 2.22 bits per heavy atom. The highest BCUT2D eigenvalue weighted by Gasteiger charge is 2.18. The van der Waals surface area contributed by atoms with Gasteiger partial charge in [0.15, 0.2) is 0 Å². The summed E-state index contributed by atoms with van der Waals surface area (Å²) in [4.78, 5) is 16.1. The Balaban J connectivity index is 2.08. The Kier molecular flexibility index (Phi) is 5.01. The second-order valence-corrected chi connectivity index (χ2v) is 5.24. The molecule has 1 fully saturated rings. The van der Waals surface area contributed by atoms with Gasteiger partial charge < -0.3 is 4.74 Å². The normalized spacial score (nSPS) is 16.5. The van der Waals surface area contributed by atoms with Crippen molar-refractivity contribution < 1.29 is 9.53 Å². The van der Waals surface area contributed by atoms with Gasteiger partial charge in [-0.25, -0.2) is 14.1 Å². The highest BCUT2D eigenvalue weighted by Crippen LogP contribution is 2.27. The van der Waals surface area contributed by atoms with Gasteiger partial charge in [0.25, 0.3) is 0 Å². The molecule has 1 aromatic heterocycles. The average Bonchev–Trinajstić information content (AvgIpc) is 2.41. The summed E-state index contributed by atoms with van der Waals surface area (Å²) in [6.45, 7) is 4.32. The molecule has 0 aliphatic carbocycles. The Bertz CT molecular complexity index is 406. The van der Waals surface area contributed by atoms with E-state index in [1.807, 2.05) is 6.92 Å². The first-order valence-corrected chi connectivity index (χ1v) is 7.13. The smallest absolute Gasteiger partial charge is 0.340 e. The molecule has 2 rings (SSSR count). The standard InChI is InChI=1S/C13H18N2O2S/c1-2-17-13(16)11-7-6-8-14-12(11)18-15-9-4-3-5-10-15/h6-8H,2-5,9-10H2,1H3. The van der Waals surface area contributed by atoms with Gasteiger partial charge in [-0.1, -0.05) is 6.42 Å². The third-order valence-electron chi connectivity index (χ3n) is 2.80. The lowest BCUT2D eigenvalue weighted by Crippen LogP contribution is -2.23. The number of ether oxygens (including phenoxy) is 1. The predicted octanol–water partition coefficient (Wildman–Crippen LogP) is 2.75. The first-order chi connectivity index (χ1) is 8.81. The van der Waals surface area contributed by atoms with Crippen LogP contribution in [0.4, 0.5) is 0 Å². The van der Waals surface area contributed by atoms with E-state index in [0.29, 0.717) is 12.2 Å². The fraction of sp³-hybridized carbons (Fsp3) is 0.538. The monoisotopic (exact) mass is 266 g/mol. The van der Waals surface area contributed by atoms with Crippen molar-refractivity contribution in [1.29, 1.82) is 0 Å². The number of pyridine rings is 1. The molecule has 0 amide bonds. The summed E-state index contributed by atoms with van der Waals surface area (Å²) < 4.78 is 7.32. The molecule has 98 valence electrons. The van der Waals surface area contributed by atoms with Crippen molar-refractivity contribution >= 4 is 17.9 Å². The Morgan fingerprint density at radius 3 is 2.94 bits per heavy atom. The van der Waals surface area contributed by atoms with Crippen LogP contribution in [0.3, 0.4) is 0 Å². The number of carbonyl (C=O) groups is 1. The maximum Gasteiger partial charge on any atom is 0.340 e. The first-order valence-electron chi connectivity index (χ1n) is 6.36. The van der Waals surface area contributed by atoms with Crippen molar-refractivity contribution in [3.63, 3.8) is 0 Å². The molecule has 0 N–H and O–H groups in total. The minimum Gasteiger partial charge on any atom is -0.462 e. The van der Waals surface area contributed by atoms with Crippen LogP contribution in [0.5, 0.6) is 0 Å². The Labute approximate surface area is 112 Å². The van der Waals surface area contributed by atoms with Gasteiger partial charge in [0.2, 0.25) is 0 Å². The molecule has 1 aliphatic rings. The van der Waals surface area contributed by atoms with E-state index < -0.39 is 0 Å². The number of hydrogen-bond acceptors (Lipinski definition) is 5. The number of hydrogen-bond donors (Lipinski definition) is 0. The van der Waals surface area contributed by atoms with Crippen LogP contribution in [-0.2, 0) is 4.74 Å². The van der Waals surface area contributed by atoms with E-state index in [-0.39, 0.29) is 5.97 Å². The van der Waals surface area contributed by atoms with Gasteiger partial charge in [0.05, 0.1) is 12.2 Å². The number of esters is 1.